The number of para-hydroxylation sites is 1. The first-order valence-corrected chi connectivity index (χ1v) is 12.2. The molecule has 2 aromatic carbocycles. The van der Waals surface area contributed by atoms with Crippen molar-refractivity contribution in [2.45, 2.75) is 44.0 Å². The Labute approximate surface area is 188 Å². The lowest BCUT2D eigenvalue weighted by molar-refractivity contribution is 0.0935. The summed E-state index contributed by atoms with van der Waals surface area (Å²) in [7, 11) is -2.04. The summed E-state index contributed by atoms with van der Waals surface area (Å²) in [6.07, 6.45) is 2.76. The van der Waals surface area contributed by atoms with Crippen molar-refractivity contribution in [3.05, 3.63) is 59.4 Å². The average Bonchev–Trinajstić information content (AvgIpc) is 3.24. The summed E-state index contributed by atoms with van der Waals surface area (Å²) < 4.78 is 38.9. The van der Waals surface area contributed by atoms with Gasteiger partial charge < -0.3 is 14.5 Å². The number of rotatable bonds is 6. The quantitative estimate of drug-likeness (QED) is 0.593. The lowest BCUT2D eigenvalue weighted by atomic mass is 10.1. The molecule has 0 saturated carbocycles. The molecular weight excluding hydrogens is 428 g/mol. The summed E-state index contributed by atoms with van der Waals surface area (Å²) in [6.45, 7) is 4.66. The number of hydrogen-bond acceptors (Lipinski definition) is 5. The largest absolute Gasteiger partial charge is 0.493 e. The van der Waals surface area contributed by atoms with Gasteiger partial charge in [-0.25, -0.2) is 8.42 Å². The molecule has 1 unspecified atom stereocenters. The van der Waals surface area contributed by atoms with Crippen LogP contribution in [-0.4, -0.2) is 38.8 Å². The van der Waals surface area contributed by atoms with Crippen LogP contribution in [0.25, 0.3) is 11.0 Å². The van der Waals surface area contributed by atoms with Crippen LogP contribution in [0.1, 0.15) is 53.9 Å². The molecule has 1 aliphatic heterocycles. The van der Waals surface area contributed by atoms with Crippen LogP contribution in [0.4, 0.5) is 0 Å². The maximum atomic E-state index is 13.1. The third kappa shape index (κ3) is 4.25. The van der Waals surface area contributed by atoms with Crippen LogP contribution in [0.3, 0.4) is 0 Å². The van der Waals surface area contributed by atoms with E-state index in [-0.39, 0.29) is 10.8 Å². The Bertz CT molecular complexity index is 1240. The van der Waals surface area contributed by atoms with Gasteiger partial charge in [0.1, 0.15) is 5.76 Å². The van der Waals surface area contributed by atoms with Crippen molar-refractivity contribution in [1.82, 2.24) is 9.62 Å². The summed E-state index contributed by atoms with van der Waals surface area (Å²) in [5.74, 6) is 0.865. The molecule has 1 atom stereocenters. The SMILES string of the molecule is COc1cccc2cc(C(C)NC(=O)c3cc(S(=O)(=O)N4CCCCC4)ccc3C)oc12. The normalized spacial score (nSPS) is 16.1. The van der Waals surface area contributed by atoms with Gasteiger partial charge in [-0.15, -0.1) is 0 Å². The fraction of sp³-hybridized carbons (Fsp3) is 0.375. The van der Waals surface area contributed by atoms with Crippen molar-refractivity contribution < 1.29 is 22.4 Å². The van der Waals surface area contributed by atoms with Crippen molar-refractivity contribution in [3.8, 4) is 5.75 Å². The number of ether oxygens (including phenoxy) is 1. The zero-order chi connectivity index (χ0) is 22.9. The number of carbonyl (C=O) groups excluding carboxylic acids is 1. The first-order chi connectivity index (χ1) is 15.3. The topological polar surface area (TPSA) is 88.8 Å². The highest BCUT2D eigenvalue weighted by Gasteiger charge is 2.27. The molecule has 0 spiro atoms. The Morgan fingerprint density at radius 2 is 1.88 bits per heavy atom. The van der Waals surface area contributed by atoms with Crippen LogP contribution in [0.15, 0.2) is 51.8 Å². The number of fused-ring (bicyclic) bond motifs is 1. The van der Waals surface area contributed by atoms with Gasteiger partial charge in [-0.2, -0.15) is 4.31 Å². The minimum atomic E-state index is -3.62. The van der Waals surface area contributed by atoms with Gasteiger partial charge in [-0.1, -0.05) is 24.6 Å². The number of nitrogens with zero attached hydrogens (tertiary/aromatic N) is 1. The summed E-state index contributed by atoms with van der Waals surface area (Å²) in [5, 5.41) is 3.81. The number of furan rings is 1. The number of nitrogens with one attached hydrogen (secondary N) is 1. The summed E-state index contributed by atoms with van der Waals surface area (Å²) in [4.78, 5) is 13.2. The lowest BCUT2D eigenvalue weighted by Gasteiger charge is -2.26. The lowest BCUT2D eigenvalue weighted by Crippen LogP contribution is -2.35. The van der Waals surface area contributed by atoms with Gasteiger partial charge in [0, 0.05) is 24.0 Å². The first-order valence-electron chi connectivity index (χ1n) is 10.8. The monoisotopic (exact) mass is 456 g/mol. The van der Waals surface area contributed by atoms with Crippen LogP contribution in [-0.2, 0) is 10.0 Å². The van der Waals surface area contributed by atoms with E-state index in [0.29, 0.717) is 41.3 Å². The standard InChI is InChI=1S/C24H28N2O5S/c1-16-10-11-19(32(28,29)26-12-5-4-6-13-26)15-20(16)24(27)25-17(2)22-14-18-8-7-9-21(30-3)23(18)31-22/h7-11,14-15,17H,4-6,12-13H2,1-3H3,(H,25,27). The predicted octanol–water partition coefficient (Wildman–Crippen LogP) is 4.42. The van der Waals surface area contributed by atoms with Crippen LogP contribution < -0.4 is 10.1 Å². The van der Waals surface area contributed by atoms with E-state index in [1.807, 2.05) is 31.2 Å². The van der Waals surface area contributed by atoms with Crippen molar-refractivity contribution in [2.24, 2.45) is 0 Å². The number of sulfonamides is 1. The fourth-order valence-electron chi connectivity index (χ4n) is 4.04. The molecule has 1 aliphatic rings. The Morgan fingerprint density at radius 3 is 2.59 bits per heavy atom. The average molecular weight is 457 g/mol. The molecule has 0 aliphatic carbocycles. The van der Waals surface area contributed by atoms with Gasteiger partial charge in [0.05, 0.1) is 18.0 Å². The second-order valence-corrected chi connectivity index (χ2v) is 10.1. The van der Waals surface area contributed by atoms with E-state index in [1.54, 1.807) is 26.2 Å². The highest BCUT2D eigenvalue weighted by molar-refractivity contribution is 7.89. The Balaban J connectivity index is 1.57. The number of aryl methyl sites for hydroxylation is 1. The van der Waals surface area contributed by atoms with E-state index in [9.17, 15) is 13.2 Å². The van der Waals surface area contributed by atoms with E-state index in [0.717, 1.165) is 24.6 Å². The summed E-state index contributed by atoms with van der Waals surface area (Å²) in [6, 6.07) is 11.8. The minimum absolute atomic E-state index is 0.149. The van der Waals surface area contributed by atoms with Gasteiger partial charge in [0.2, 0.25) is 10.0 Å². The van der Waals surface area contributed by atoms with Gasteiger partial charge in [0.15, 0.2) is 11.3 Å². The highest BCUT2D eigenvalue weighted by Crippen LogP contribution is 2.31. The Kier molecular flexibility index (Phi) is 6.26. The number of benzene rings is 2. The molecule has 32 heavy (non-hydrogen) atoms. The van der Waals surface area contributed by atoms with Crippen LogP contribution in [0.2, 0.25) is 0 Å². The van der Waals surface area contributed by atoms with Gasteiger partial charge >= 0.3 is 0 Å². The highest BCUT2D eigenvalue weighted by atomic mass is 32.2. The van der Waals surface area contributed by atoms with Crippen molar-refractivity contribution in [3.63, 3.8) is 0 Å². The molecule has 8 heteroatoms. The van der Waals surface area contributed by atoms with E-state index >= 15 is 0 Å². The predicted molar refractivity (Wildman–Crippen MR) is 122 cm³/mol. The van der Waals surface area contributed by atoms with Crippen molar-refractivity contribution >= 4 is 26.9 Å². The second kappa shape index (κ2) is 8.96. The van der Waals surface area contributed by atoms with Crippen LogP contribution in [0.5, 0.6) is 5.75 Å². The van der Waals surface area contributed by atoms with Crippen molar-refractivity contribution in [1.29, 1.82) is 0 Å². The molecule has 170 valence electrons. The number of hydrogen-bond donors (Lipinski definition) is 1. The molecular formula is C24H28N2O5S. The van der Waals surface area contributed by atoms with E-state index < -0.39 is 16.1 Å². The third-order valence-electron chi connectivity index (χ3n) is 5.93. The molecule has 3 aromatic rings. The molecule has 1 saturated heterocycles. The molecule has 1 aromatic heterocycles. The second-order valence-electron chi connectivity index (χ2n) is 8.16. The third-order valence-corrected chi connectivity index (χ3v) is 7.82. The summed E-state index contributed by atoms with van der Waals surface area (Å²) >= 11 is 0. The number of amides is 1. The van der Waals surface area contributed by atoms with E-state index in [2.05, 4.69) is 5.32 Å². The zero-order valence-electron chi connectivity index (χ0n) is 18.6. The molecule has 4 rings (SSSR count). The Morgan fingerprint density at radius 1 is 1.12 bits per heavy atom. The molecule has 1 amide bonds. The first kappa shape index (κ1) is 22.4. The molecule has 2 heterocycles. The van der Waals surface area contributed by atoms with Gasteiger partial charge in [-0.3, -0.25) is 4.79 Å². The number of carbonyl (C=O) groups is 1. The van der Waals surface area contributed by atoms with E-state index in [4.69, 9.17) is 9.15 Å². The number of methoxy groups -OCH3 is 1. The zero-order valence-corrected chi connectivity index (χ0v) is 19.4. The number of piperidine rings is 1. The van der Waals surface area contributed by atoms with Crippen LogP contribution >= 0.6 is 0 Å². The maximum Gasteiger partial charge on any atom is 0.252 e. The maximum absolute atomic E-state index is 13.1. The molecule has 7 nitrogen and oxygen atoms in total. The molecule has 1 N–H and O–H groups in total. The fourth-order valence-corrected chi connectivity index (χ4v) is 5.58. The minimum Gasteiger partial charge on any atom is -0.493 e. The van der Waals surface area contributed by atoms with Crippen molar-refractivity contribution in [2.75, 3.05) is 20.2 Å². The molecule has 1 fully saturated rings. The molecule has 0 bridgehead atoms. The molecule has 0 radical (unpaired) electrons. The van der Waals surface area contributed by atoms with Gasteiger partial charge in [-0.05, 0) is 56.5 Å². The van der Waals surface area contributed by atoms with Crippen LogP contribution in [0, 0.1) is 6.92 Å². The van der Waals surface area contributed by atoms with E-state index in [1.165, 1.54) is 10.4 Å². The van der Waals surface area contributed by atoms with Gasteiger partial charge in [0.25, 0.3) is 5.91 Å². The smallest absolute Gasteiger partial charge is 0.252 e. The summed E-state index contributed by atoms with van der Waals surface area (Å²) in [5.41, 5.74) is 1.67. The Hall–Kier alpha value is -2.84.